The molecule has 2 N–H and O–H groups in total. The minimum Gasteiger partial charge on any atom is -0.326 e. The molecule has 0 saturated carbocycles. The van der Waals surface area contributed by atoms with E-state index in [2.05, 4.69) is 30.6 Å². The third-order valence-electron chi connectivity index (χ3n) is 3.24. The Balaban J connectivity index is 2.22. The first kappa shape index (κ1) is 12.0. The Hall–Kier alpha value is -0.120. The third kappa shape index (κ3) is 3.56. The smallest absolute Gasteiger partial charge is 0.0191 e. The van der Waals surface area contributed by atoms with Crippen LogP contribution in [0, 0.1) is 5.92 Å². The molecule has 0 bridgehead atoms. The van der Waals surface area contributed by atoms with E-state index in [1.54, 1.807) is 0 Å². The summed E-state index contributed by atoms with van der Waals surface area (Å²) >= 11 is 0. The summed E-state index contributed by atoms with van der Waals surface area (Å²) in [4.78, 5) is 4.99. The van der Waals surface area contributed by atoms with E-state index < -0.39 is 0 Å². The van der Waals surface area contributed by atoms with Gasteiger partial charge in [0.1, 0.15) is 0 Å². The van der Waals surface area contributed by atoms with Gasteiger partial charge in [-0.2, -0.15) is 0 Å². The van der Waals surface area contributed by atoms with Gasteiger partial charge in [0.05, 0.1) is 0 Å². The van der Waals surface area contributed by atoms with Crippen molar-refractivity contribution in [2.75, 3.05) is 39.3 Å². The number of nitrogens with zero attached hydrogens (tertiary/aromatic N) is 2. The molecule has 1 aliphatic heterocycles. The van der Waals surface area contributed by atoms with Crippen molar-refractivity contribution in [1.82, 2.24) is 9.80 Å². The predicted molar refractivity (Wildman–Crippen MR) is 61.4 cm³/mol. The summed E-state index contributed by atoms with van der Waals surface area (Å²) < 4.78 is 0. The van der Waals surface area contributed by atoms with Gasteiger partial charge >= 0.3 is 0 Å². The standard InChI is InChI=1S/C11H25N3/c1-4-13-5-7-14(8-6-13)9-11(12)10(2)3/h10-11H,4-9,12H2,1-3H3. The molecule has 0 aliphatic carbocycles. The monoisotopic (exact) mass is 199 g/mol. The van der Waals surface area contributed by atoms with Crippen molar-refractivity contribution < 1.29 is 0 Å². The Morgan fingerprint density at radius 3 is 2.00 bits per heavy atom. The first-order chi connectivity index (χ1) is 6.63. The third-order valence-corrected chi connectivity index (χ3v) is 3.24. The molecule has 0 aromatic carbocycles. The fourth-order valence-corrected chi connectivity index (χ4v) is 1.80. The second-order valence-electron chi connectivity index (χ2n) is 4.64. The number of piperazine rings is 1. The van der Waals surface area contributed by atoms with Crippen molar-refractivity contribution in [2.45, 2.75) is 26.8 Å². The molecule has 1 unspecified atom stereocenters. The lowest BCUT2D eigenvalue weighted by Gasteiger charge is -2.35. The molecule has 1 saturated heterocycles. The molecule has 14 heavy (non-hydrogen) atoms. The number of hydrogen-bond donors (Lipinski definition) is 1. The second-order valence-corrected chi connectivity index (χ2v) is 4.64. The van der Waals surface area contributed by atoms with E-state index in [0.717, 1.165) is 6.54 Å². The van der Waals surface area contributed by atoms with Gasteiger partial charge in [0.2, 0.25) is 0 Å². The maximum absolute atomic E-state index is 6.06. The lowest BCUT2D eigenvalue weighted by molar-refractivity contribution is 0.126. The maximum atomic E-state index is 6.06. The van der Waals surface area contributed by atoms with Crippen LogP contribution in [-0.4, -0.2) is 55.1 Å². The topological polar surface area (TPSA) is 32.5 Å². The molecule has 0 radical (unpaired) electrons. The molecule has 0 spiro atoms. The van der Waals surface area contributed by atoms with Crippen LogP contribution < -0.4 is 5.73 Å². The van der Waals surface area contributed by atoms with E-state index in [-0.39, 0.29) is 0 Å². The lowest BCUT2D eigenvalue weighted by Crippen LogP contribution is -2.50. The van der Waals surface area contributed by atoms with Crippen LogP contribution >= 0.6 is 0 Å². The average molecular weight is 199 g/mol. The Bertz CT molecular complexity index is 151. The molecule has 1 aliphatic rings. The van der Waals surface area contributed by atoms with Crippen molar-refractivity contribution in [3.05, 3.63) is 0 Å². The van der Waals surface area contributed by atoms with Gasteiger partial charge in [-0.05, 0) is 12.5 Å². The second kappa shape index (κ2) is 5.69. The van der Waals surface area contributed by atoms with Crippen molar-refractivity contribution in [1.29, 1.82) is 0 Å². The normalized spacial score (nSPS) is 22.9. The van der Waals surface area contributed by atoms with Gasteiger partial charge < -0.3 is 10.6 Å². The minimum absolute atomic E-state index is 0.336. The van der Waals surface area contributed by atoms with E-state index in [4.69, 9.17) is 5.73 Å². The van der Waals surface area contributed by atoms with Crippen LogP contribution in [0.2, 0.25) is 0 Å². The summed E-state index contributed by atoms with van der Waals surface area (Å²) in [6.07, 6.45) is 0. The summed E-state index contributed by atoms with van der Waals surface area (Å²) in [6, 6.07) is 0.336. The zero-order valence-electron chi connectivity index (χ0n) is 9.87. The Morgan fingerprint density at radius 2 is 1.57 bits per heavy atom. The molecular formula is C11H25N3. The predicted octanol–water partition coefficient (Wildman–Crippen LogP) is 0.607. The summed E-state index contributed by atoms with van der Waals surface area (Å²) in [7, 11) is 0. The summed E-state index contributed by atoms with van der Waals surface area (Å²) in [5, 5.41) is 0. The van der Waals surface area contributed by atoms with Crippen LogP contribution in [0.4, 0.5) is 0 Å². The first-order valence-corrected chi connectivity index (χ1v) is 5.83. The van der Waals surface area contributed by atoms with Gasteiger partial charge in [0.25, 0.3) is 0 Å². The van der Waals surface area contributed by atoms with Crippen molar-refractivity contribution in [2.24, 2.45) is 11.7 Å². The van der Waals surface area contributed by atoms with Gasteiger partial charge in [-0.25, -0.2) is 0 Å². The molecule has 1 heterocycles. The van der Waals surface area contributed by atoms with E-state index in [1.165, 1.54) is 32.7 Å². The molecule has 3 heteroatoms. The van der Waals surface area contributed by atoms with Crippen molar-refractivity contribution in [3.63, 3.8) is 0 Å². The van der Waals surface area contributed by atoms with Crippen LogP contribution in [-0.2, 0) is 0 Å². The van der Waals surface area contributed by atoms with E-state index in [1.807, 2.05) is 0 Å². The average Bonchev–Trinajstić information content (AvgIpc) is 2.19. The van der Waals surface area contributed by atoms with Crippen LogP contribution in [0.25, 0.3) is 0 Å². The Labute approximate surface area is 88.2 Å². The highest BCUT2D eigenvalue weighted by Crippen LogP contribution is 2.05. The van der Waals surface area contributed by atoms with E-state index >= 15 is 0 Å². The van der Waals surface area contributed by atoms with E-state index in [0.29, 0.717) is 12.0 Å². The zero-order chi connectivity index (χ0) is 10.6. The van der Waals surface area contributed by atoms with Gasteiger partial charge in [0.15, 0.2) is 0 Å². The number of rotatable bonds is 4. The highest BCUT2D eigenvalue weighted by Gasteiger charge is 2.18. The molecule has 1 fully saturated rings. The highest BCUT2D eigenvalue weighted by atomic mass is 15.3. The first-order valence-electron chi connectivity index (χ1n) is 5.83. The summed E-state index contributed by atoms with van der Waals surface area (Å²) in [5.74, 6) is 0.596. The number of nitrogens with two attached hydrogens (primary N) is 1. The lowest BCUT2D eigenvalue weighted by atomic mass is 10.0. The molecule has 0 amide bonds. The fraction of sp³-hybridized carbons (Fsp3) is 1.00. The van der Waals surface area contributed by atoms with Crippen molar-refractivity contribution in [3.8, 4) is 0 Å². The Morgan fingerprint density at radius 1 is 1.07 bits per heavy atom. The molecule has 0 aromatic heterocycles. The molecule has 1 atom stereocenters. The molecular weight excluding hydrogens is 174 g/mol. The molecule has 3 nitrogen and oxygen atoms in total. The largest absolute Gasteiger partial charge is 0.326 e. The number of likely N-dealkylation sites (N-methyl/N-ethyl adjacent to an activating group) is 1. The van der Waals surface area contributed by atoms with E-state index in [9.17, 15) is 0 Å². The molecule has 1 rings (SSSR count). The van der Waals surface area contributed by atoms with Crippen LogP contribution in [0.3, 0.4) is 0 Å². The van der Waals surface area contributed by atoms with Crippen LogP contribution in [0.15, 0.2) is 0 Å². The molecule has 0 aromatic rings. The maximum Gasteiger partial charge on any atom is 0.0191 e. The van der Waals surface area contributed by atoms with Crippen LogP contribution in [0.5, 0.6) is 0 Å². The highest BCUT2D eigenvalue weighted by molar-refractivity contribution is 4.76. The summed E-state index contributed by atoms with van der Waals surface area (Å²) in [6.45, 7) is 13.7. The molecule has 84 valence electrons. The number of hydrogen-bond acceptors (Lipinski definition) is 3. The SMILES string of the molecule is CCN1CCN(CC(N)C(C)C)CC1. The van der Waals surface area contributed by atoms with Crippen molar-refractivity contribution >= 4 is 0 Å². The summed E-state index contributed by atoms with van der Waals surface area (Å²) in [5.41, 5.74) is 6.06. The fourth-order valence-electron chi connectivity index (χ4n) is 1.80. The van der Waals surface area contributed by atoms with Gasteiger partial charge in [-0.3, -0.25) is 4.90 Å². The van der Waals surface area contributed by atoms with Gasteiger partial charge in [0, 0.05) is 38.8 Å². The van der Waals surface area contributed by atoms with Gasteiger partial charge in [-0.15, -0.1) is 0 Å². The van der Waals surface area contributed by atoms with Gasteiger partial charge in [-0.1, -0.05) is 20.8 Å². The Kier molecular flexibility index (Phi) is 4.85. The minimum atomic E-state index is 0.336. The zero-order valence-corrected chi connectivity index (χ0v) is 9.87. The van der Waals surface area contributed by atoms with Crippen LogP contribution in [0.1, 0.15) is 20.8 Å². The quantitative estimate of drug-likeness (QED) is 0.720.